The molecule has 0 spiro atoms. The molecular formula is C21H20ClNO2S. The van der Waals surface area contributed by atoms with Crippen LogP contribution in [0.4, 0.5) is 5.69 Å². The smallest absolute Gasteiger partial charge is 0.262 e. The van der Waals surface area contributed by atoms with Gasteiger partial charge in [-0.2, -0.15) is 0 Å². The van der Waals surface area contributed by atoms with Crippen molar-refractivity contribution in [2.75, 3.05) is 4.31 Å². The average molecular weight is 386 g/mol. The fraction of sp³-hybridized carbons (Fsp3) is 0.143. The van der Waals surface area contributed by atoms with Crippen LogP contribution in [0.3, 0.4) is 0 Å². The number of hydrogen-bond donors (Lipinski definition) is 0. The van der Waals surface area contributed by atoms with Gasteiger partial charge >= 0.3 is 0 Å². The van der Waals surface area contributed by atoms with Gasteiger partial charge in [0.15, 0.2) is 0 Å². The normalized spacial score (nSPS) is 11.3. The van der Waals surface area contributed by atoms with E-state index >= 15 is 0 Å². The van der Waals surface area contributed by atoms with Crippen molar-refractivity contribution in [3.05, 3.63) is 94.5 Å². The summed E-state index contributed by atoms with van der Waals surface area (Å²) in [5.41, 5.74) is 3.59. The Morgan fingerprint density at radius 2 is 1.27 bits per heavy atom. The molecule has 0 fully saturated rings. The molecule has 0 N–H and O–H groups in total. The molecule has 5 heteroatoms. The number of sulfonamides is 1. The second-order valence-electron chi connectivity index (χ2n) is 6.29. The summed E-state index contributed by atoms with van der Waals surface area (Å²) in [6, 6.07) is 21.6. The maximum atomic E-state index is 13.3. The number of nitrogens with zero attached hydrogens (tertiary/aromatic N) is 1. The molecule has 3 rings (SSSR count). The highest BCUT2D eigenvalue weighted by Gasteiger charge is 2.25. The molecule has 3 aromatic rings. The first-order chi connectivity index (χ1) is 12.4. The summed E-state index contributed by atoms with van der Waals surface area (Å²) in [5.74, 6) is 0. The van der Waals surface area contributed by atoms with Gasteiger partial charge in [0.2, 0.25) is 0 Å². The van der Waals surface area contributed by atoms with Crippen molar-refractivity contribution in [3.63, 3.8) is 0 Å². The van der Waals surface area contributed by atoms with E-state index in [1.807, 2.05) is 62.4 Å². The molecule has 0 bridgehead atoms. The lowest BCUT2D eigenvalue weighted by Gasteiger charge is -2.25. The van der Waals surface area contributed by atoms with E-state index in [0.29, 0.717) is 10.7 Å². The third-order valence-electron chi connectivity index (χ3n) is 4.17. The maximum absolute atomic E-state index is 13.3. The minimum Gasteiger partial charge on any atom is -0.262 e. The lowest BCUT2D eigenvalue weighted by Crippen LogP contribution is -2.30. The first-order valence-corrected chi connectivity index (χ1v) is 10.1. The second kappa shape index (κ2) is 7.52. The van der Waals surface area contributed by atoms with Crippen LogP contribution in [0.5, 0.6) is 0 Å². The molecule has 0 amide bonds. The molecule has 3 aromatic carbocycles. The van der Waals surface area contributed by atoms with Gasteiger partial charge in [0.05, 0.1) is 17.1 Å². The number of rotatable bonds is 5. The van der Waals surface area contributed by atoms with Gasteiger partial charge < -0.3 is 0 Å². The van der Waals surface area contributed by atoms with Gasteiger partial charge in [-0.25, -0.2) is 8.42 Å². The molecule has 134 valence electrons. The van der Waals surface area contributed by atoms with Crippen molar-refractivity contribution in [2.24, 2.45) is 0 Å². The summed E-state index contributed by atoms with van der Waals surface area (Å²) < 4.78 is 28.0. The number of benzene rings is 3. The zero-order valence-corrected chi connectivity index (χ0v) is 16.3. The number of hydrogen-bond acceptors (Lipinski definition) is 2. The molecule has 3 nitrogen and oxygen atoms in total. The van der Waals surface area contributed by atoms with Crippen LogP contribution in [-0.2, 0) is 16.6 Å². The largest absolute Gasteiger partial charge is 0.264 e. The Morgan fingerprint density at radius 1 is 0.769 bits per heavy atom. The zero-order valence-electron chi connectivity index (χ0n) is 14.7. The predicted octanol–water partition coefficient (Wildman–Crippen LogP) is 5.35. The van der Waals surface area contributed by atoms with Gasteiger partial charge in [0.25, 0.3) is 10.0 Å². The van der Waals surface area contributed by atoms with E-state index < -0.39 is 10.0 Å². The third kappa shape index (κ3) is 4.09. The van der Waals surface area contributed by atoms with Crippen LogP contribution in [-0.4, -0.2) is 8.42 Å². The monoisotopic (exact) mass is 385 g/mol. The van der Waals surface area contributed by atoms with Gasteiger partial charge in [-0.1, -0.05) is 59.1 Å². The molecule has 0 saturated heterocycles. The van der Waals surface area contributed by atoms with E-state index in [9.17, 15) is 8.42 Å². The lowest BCUT2D eigenvalue weighted by atomic mass is 10.2. The lowest BCUT2D eigenvalue weighted by molar-refractivity contribution is 0.590. The van der Waals surface area contributed by atoms with Crippen LogP contribution in [0, 0.1) is 13.8 Å². The quantitative estimate of drug-likeness (QED) is 0.593. The number of anilines is 1. The Balaban J connectivity index is 2.05. The highest BCUT2D eigenvalue weighted by Crippen LogP contribution is 2.27. The van der Waals surface area contributed by atoms with E-state index in [1.54, 1.807) is 24.3 Å². The summed E-state index contributed by atoms with van der Waals surface area (Å²) in [5, 5.41) is 0.622. The Labute approximate surface area is 159 Å². The molecule has 0 aromatic heterocycles. The van der Waals surface area contributed by atoms with Gasteiger partial charge in [0, 0.05) is 5.02 Å². The van der Waals surface area contributed by atoms with Crippen LogP contribution in [0.25, 0.3) is 0 Å². The average Bonchev–Trinajstić information content (AvgIpc) is 2.62. The third-order valence-corrected chi connectivity index (χ3v) is 6.21. The van der Waals surface area contributed by atoms with Crippen molar-refractivity contribution < 1.29 is 8.42 Å². The molecule has 26 heavy (non-hydrogen) atoms. The Bertz CT molecular complexity index is 980. The molecule has 0 unspecified atom stereocenters. The Morgan fingerprint density at radius 3 is 1.81 bits per heavy atom. The highest BCUT2D eigenvalue weighted by atomic mass is 35.5. The standard InChI is InChI=1S/C21H20ClNO2S/c1-16-3-11-20(12-4-16)23(15-18-7-9-19(22)10-8-18)26(24,25)21-13-5-17(2)6-14-21/h3-14H,15H2,1-2H3. The van der Waals surface area contributed by atoms with E-state index in [-0.39, 0.29) is 11.4 Å². The zero-order chi connectivity index (χ0) is 18.7. The number of aryl methyl sites for hydroxylation is 2. The Hall–Kier alpha value is -2.30. The van der Waals surface area contributed by atoms with Gasteiger partial charge in [-0.3, -0.25) is 4.31 Å². The molecule has 0 atom stereocenters. The van der Waals surface area contributed by atoms with E-state index in [2.05, 4.69) is 0 Å². The maximum Gasteiger partial charge on any atom is 0.264 e. The first kappa shape index (κ1) is 18.5. The predicted molar refractivity (Wildman–Crippen MR) is 107 cm³/mol. The fourth-order valence-electron chi connectivity index (χ4n) is 2.62. The van der Waals surface area contributed by atoms with Crippen LogP contribution in [0.15, 0.2) is 77.7 Å². The van der Waals surface area contributed by atoms with Gasteiger partial charge in [-0.15, -0.1) is 0 Å². The summed E-state index contributed by atoms with van der Waals surface area (Å²) in [4.78, 5) is 0.276. The van der Waals surface area contributed by atoms with E-state index in [1.165, 1.54) is 4.31 Å². The minimum atomic E-state index is -3.69. The van der Waals surface area contributed by atoms with Crippen molar-refractivity contribution >= 4 is 27.3 Å². The van der Waals surface area contributed by atoms with Crippen molar-refractivity contribution in [3.8, 4) is 0 Å². The molecule has 0 aliphatic rings. The molecule has 0 saturated carbocycles. The topological polar surface area (TPSA) is 37.4 Å². The molecular weight excluding hydrogens is 366 g/mol. The van der Waals surface area contributed by atoms with Gasteiger partial charge in [-0.05, 0) is 55.8 Å². The number of halogens is 1. The first-order valence-electron chi connectivity index (χ1n) is 8.27. The summed E-state index contributed by atoms with van der Waals surface area (Å²) in [6.45, 7) is 4.14. The van der Waals surface area contributed by atoms with E-state index in [0.717, 1.165) is 16.7 Å². The highest BCUT2D eigenvalue weighted by molar-refractivity contribution is 7.92. The van der Waals surface area contributed by atoms with Gasteiger partial charge in [0.1, 0.15) is 0 Å². The van der Waals surface area contributed by atoms with Crippen LogP contribution >= 0.6 is 11.6 Å². The molecule has 0 radical (unpaired) electrons. The van der Waals surface area contributed by atoms with Crippen LogP contribution in [0.2, 0.25) is 5.02 Å². The fourth-order valence-corrected chi connectivity index (χ4v) is 4.20. The second-order valence-corrected chi connectivity index (χ2v) is 8.59. The molecule has 0 aliphatic carbocycles. The van der Waals surface area contributed by atoms with Crippen LogP contribution in [0.1, 0.15) is 16.7 Å². The SMILES string of the molecule is Cc1ccc(N(Cc2ccc(Cl)cc2)S(=O)(=O)c2ccc(C)cc2)cc1. The van der Waals surface area contributed by atoms with Crippen LogP contribution < -0.4 is 4.31 Å². The Kier molecular flexibility index (Phi) is 5.35. The summed E-state index contributed by atoms with van der Waals surface area (Å²) in [7, 11) is -3.69. The molecule has 0 heterocycles. The van der Waals surface area contributed by atoms with Crippen molar-refractivity contribution in [1.29, 1.82) is 0 Å². The summed E-state index contributed by atoms with van der Waals surface area (Å²) >= 11 is 5.95. The minimum absolute atomic E-state index is 0.233. The van der Waals surface area contributed by atoms with Crippen molar-refractivity contribution in [1.82, 2.24) is 0 Å². The van der Waals surface area contributed by atoms with Crippen molar-refractivity contribution in [2.45, 2.75) is 25.3 Å². The summed E-state index contributed by atoms with van der Waals surface area (Å²) in [6.07, 6.45) is 0. The molecule has 0 aliphatic heterocycles. The van der Waals surface area contributed by atoms with E-state index in [4.69, 9.17) is 11.6 Å².